The second kappa shape index (κ2) is 8.82. The van der Waals surface area contributed by atoms with Crippen molar-refractivity contribution in [3.05, 3.63) is 58.0 Å². The summed E-state index contributed by atoms with van der Waals surface area (Å²) in [5.41, 5.74) is 4.05. The lowest BCUT2D eigenvalue weighted by molar-refractivity contribution is -0.127. The number of pyridine rings is 1. The molecule has 8 nitrogen and oxygen atoms in total. The monoisotopic (exact) mass is 476 g/mol. The van der Waals surface area contributed by atoms with E-state index >= 15 is 0 Å². The maximum Gasteiger partial charge on any atom is 0.250 e. The number of ether oxygens (including phenoxy) is 1. The highest BCUT2D eigenvalue weighted by atomic mass is 16.5. The van der Waals surface area contributed by atoms with Crippen LogP contribution < -0.4 is 21.1 Å². The first-order valence-corrected chi connectivity index (χ1v) is 12.7. The Morgan fingerprint density at radius 1 is 1.17 bits per heavy atom. The molecule has 0 aliphatic carbocycles. The third-order valence-corrected chi connectivity index (χ3v) is 8.14. The molecule has 2 saturated heterocycles. The van der Waals surface area contributed by atoms with Gasteiger partial charge in [-0.15, -0.1) is 0 Å². The summed E-state index contributed by atoms with van der Waals surface area (Å²) >= 11 is 0. The van der Waals surface area contributed by atoms with E-state index in [-0.39, 0.29) is 41.4 Å². The molecule has 4 aliphatic rings. The lowest BCUT2D eigenvalue weighted by Gasteiger charge is -2.54. The Morgan fingerprint density at radius 2 is 2.06 bits per heavy atom. The van der Waals surface area contributed by atoms with Crippen molar-refractivity contribution in [3.8, 4) is 0 Å². The Hall–Kier alpha value is -3.13. The minimum atomic E-state index is -0.260. The molecule has 4 aliphatic heterocycles. The van der Waals surface area contributed by atoms with Crippen LogP contribution in [0.3, 0.4) is 0 Å². The summed E-state index contributed by atoms with van der Waals surface area (Å²) in [6, 6.07) is 11.5. The number of hydrogen-bond donors (Lipinski definition) is 2. The highest BCUT2D eigenvalue weighted by molar-refractivity contribution is 5.89. The molecule has 1 aromatic carbocycles. The molecule has 8 heteroatoms. The van der Waals surface area contributed by atoms with E-state index in [1.54, 1.807) is 6.07 Å². The largest absolute Gasteiger partial charge is 0.376 e. The van der Waals surface area contributed by atoms with Gasteiger partial charge in [-0.3, -0.25) is 14.4 Å². The van der Waals surface area contributed by atoms with Crippen molar-refractivity contribution in [1.29, 1.82) is 0 Å². The second-order valence-electron chi connectivity index (χ2n) is 10.5. The van der Waals surface area contributed by atoms with E-state index in [2.05, 4.69) is 27.7 Å². The number of piperidine rings is 1. The van der Waals surface area contributed by atoms with Crippen LogP contribution in [-0.4, -0.2) is 48.2 Å². The zero-order valence-electron chi connectivity index (χ0n) is 20.0. The van der Waals surface area contributed by atoms with E-state index in [0.29, 0.717) is 25.4 Å². The van der Waals surface area contributed by atoms with Crippen LogP contribution in [0.1, 0.15) is 43.4 Å². The number of carbonyl (C=O) groups excluding carboxylic acids is 2. The molecule has 0 radical (unpaired) electrons. The predicted molar refractivity (Wildman–Crippen MR) is 133 cm³/mol. The molecule has 6 rings (SSSR count). The third kappa shape index (κ3) is 4.03. The van der Waals surface area contributed by atoms with Crippen LogP contribution >= 0.6 is 0 Å². The average Bonchev–Trinajstić information content (AvgIpc) is 3.36. The Morgan fingerprint density at radius 3 is 2.86 bits per heavy atom. The van der Waals surface area contributed by atoms with Crippen molar-refractivity contribution in [2.75, 3.05) is 29.9 Å². The summed E-state index contributed by atoms with van der Waals surface area (Å²) in [5.74, 6) is 0.127. The maximum absolute atomic E-state index is 13.7. The zero-order chi connectivity index (χ0) is 24.1. The second-order valence-corrected chi connectivity index (χ2v) is 10.5. The molecule has 2 fully saturated rings. The third-order valence-electron chi connectivity index (χ3n) is 8.14. The first-order chi connectivity index (χ1) is 17.0. The van der Waals surface area contributed by atoms with E-state index < -0.39 is 0 Å². The van der Waals surface area contributed by atoms with Gasteiger partial charge in [-0.2, -0.15) is 0 Å². The van der Waals surface area contributed by atoms with Crippen molar-refractivity contribution >= 4 is 23.2 Å². The van der Waals surface area contributed by atoms with Gasteiger partial charge in [0.1, 0.15) is 0 Å². The highest BCUT2D eigenvalue weighted by Crippen LogP contribution is 2.48. The SMILES string of the molecule is CC(=O)Nc1ccc2c(c1)C[C@@H](C(=O)NCC1CCCO1)[C@H]1[C@@H]3C[C@H](CN21)Cn1c3cccc1=O. The number of amides is 2. The van der Waals surface area contributed by atoms with Gasteiger partial charge in [0.15, 0.2) is 0 Å². The molecular formula is C27H32N4O4. The van der Waals surface area contributed by atoms with E-state index in [4.69, 9.17) is 4.74 Å². The first-order valence-electron chi connectivity index (χ1n) is 12.7. The molecular weight excluding hydrogens is 444 g/mol. The molecule has 2 aromatic rings. The van der Waals surface area contributed by atoms with Gasteiger partial charge in [0.25, 0.3) is 5.56 Å². The number of nitrogens with one attached hydrogen (secondary N) is 2. The summed E-state index contributed by atoms with van der Waals surface area (Å²) < 4.78 is 7.65. The number of rotatable bonds is 4. The van der Waals surface area contributed by atoms with E-state index in [1.165, 1.54) is 6.92 Å². The summed E-state index contributed by atoms with van der Waals surface area (Å²) in [5, 5.41) is 6.07. The standard InChI is InChI=1S/C27H32N4O4/c1-16(32)29-19-7-8-23-18(11-19)12-22(27(34)28-13-20-4-3-9-35-20)26-21-10-17(15-31(23)26)14-30-24(21)5-2-6-25(30)33/h2,5-8,11,17,20-22,26H,3-4,9-10,12-15H2,1H3,(H,28,34)(H,29,32)/t17-,20?,21+,22+,26+/m0/s1. The van der Waals surface area contributed by atoms with Gasteiger partial charge in [-0.25, -0.2) is 0 Å². The smallest absolute Gasteiger partial charge is 0.250 e. The van der Waals surface area contributed by atoms with Crippen LogP contribution in [0.5, 0.6) is 0 Å². The van der Waals surface area contributed by atoms with Gasteiger partial charge >= 0.3 is 0 Å². The number of aromatic nitrogens is 1. The Balaban J connectivity index is 1.38. The summed E-state index contributed by atoms with van der Waals surface area (Å²) in [4.78, 5) is 40.4. The maximum atomic E-state index is 13.7. The van der Waals surface area contributed by atoms with Crippen molar-refractivity contribution in [2.45, 2.75) is 57.2 Å². The van der Waals surface area contributed by atoms with Gasteiger partial charge in [0, 0.05) is 68.3 Å². The van der Waals surface area contributed by atoms with Crippen molar-refractivity contribution in [2.24, 2.45) is 11.8 Å². The van der Waals surface area contributed by atoms with E-state index in [0.717, 1.165) is 55.0 Å². The normalized spacial score (nSPS) is 28.5. The lowest BCUT2D eigenvalue weighted by Crippen LogP contribution is -2.60. The van der Waals surface area contributed by atoms with Crippen molar-refractivity contribution in [1.82, 2.24) is 9.88 Å². The molecule has 2 amide bonds. The Bertz CT molecular complexity index is 1220. The fraction of sp³-hybridized carbons (Fsp3) is 0.519. The molecule has 1 aromatic heterocycles. The van der Waals surface area contributed by atoms with E-state index in [1.807, 2.05) is 22.8 Å². The fourth-order valence-corrected chi connectivity index (χ4v) is 6.75. The van der Waals surface area contributed by atoms with Crippen LogP contribution in [0.4, 0.5) is 11.4 Å². The molecule has 184 valence electrons. The quantitative estimate of drug-likeness (QED) is 0.706. The molecule has 0 spiro atoms. The number of fused-ring (bicyclic) bond motifs is 8. The topological polar surface area (TPSA) is 92.7 Å². The lowest BCUT2D eigenvalue weighted by atomic mass is 9.69. The van der Waals surface area contributed by atoms with Crippen LogP contribution in [0.2, 0.25) is 0 Å². The molecule has 0 saturated carbocycles. The van der Waals surface area contributed by atoms with Gasteiger partial charge in [0.05, 0.1) is 12.0 Å². The molecule has 5 heterocycles. The fourth-order valence-electron chi connectivity index (χ4n) is 6.75. The molecule has 1 unspecified atom stereocenters. The van der Waals surface area contributed by atoms with Crippen LogP contribution in [0.15, 0.2) is 41.2 Å². The van der Waals surface area contributed by atoms with Gasteiger partial charge < -0.3 is 24.8 Å². The molecule has 5 atom stereocenters. The minimum absolute atomic E-state index is 0.0248. The van der Waals surface area contributed by atoms with Gasteiger partial charge in [-0.1, -0.05) is 6.07 Å². The number of hydrogen-bond acceptors (Lipinski definition) is 5. The minimum Gasteiger partial charge on any atom is -0.376 e. The zero-order valence-corrected chi connectivity index (χ0v) is 20.0. The number of nitrogens with zero attached hydrogens (tertiary/aromatic N) is 2. The summed E-state index contributed by atoms with van der Waals surface area (Å²) in [6.07, 6.45) is 3.68. The number of anilines is 2. The van der Waals surface area contributed by atoms with Gasteiger partial charge in [0.2, 0.25) is 11.8 Å². The Labute approximate surface area is 204 Å². The summed E-state index contributed by atoms with van der Waals surface area (Å²) in [6.45, 7) is 4.31. The molecule has 35 heavy (non-hydrogen) atoms. The Kier molecular flexibility index (Phi) is 5.63. The molecule has 2 bridgehead atoms. The highest BCUT2D eigenvalue weighted by Gasteiger charge is 2.49. The number of benzene rings is 1. The van der Waals surface area contributed by atoms with Crippen molar-refractivity contribution in [3.63, 3.8) is 0 Å². The van der Waals surface area contributed by atoms with Gasteiger partial charge in [-0.05, 0) is 61.4 Å². The summed E-state index contributed by atoms with van der Waals surface area (Å²) in [7, 11) is 0. The first kappa shape index (κ1) is 22.3. The van der Waals surface area contributed by atoms with Crippen LogP contribution in [0.25, 0.3) is 0 Å². The van der Waals surface area contributed by atoms with Crippen LogP contribution in [-0.2, 0) is 27.3 Å². The number of carbonyl (C=O) groups is 2. The van der Waals surface area contributed by atoms with Crippen LogP contribution in [0, 0.1) is 11.8 Å². The van der Waals surface area contributed by atoms with E-state index in [9.17, 15) is 14.4 Å². The van der Waals surface area contributed by atoms with Crippen molar-refractivity contribution < 1.29 is 14.3 Å². The predicted octanol–water partition coefficient (Wildman–Crippen LogP) is 2.27. The molecule has 2 N–H and O–H groups in total. The average molecular weight is 477 g/mol.